The molecule has 5 rings (SSSR count). The minimum atomic E-state index is -3.99. The van der Waals surface area contributed by atoms with Gasteiger partial charge in [0.25, 0.3) is 0 Å². The number of ether oxygens (including phenoxy) is 3. The Labute approximate surface area is 340 Å². The average molecular weight is 813 g/mol. The van der Waals surface area contributed by atoms with Crippen LogP contribution in [0.25, 0.3) is 4.85 Å². The van der Waals surface area contributed by atoms with Crippen LogP contribution in [-0.2, 0) is 25.8 Å². The van der Waals surface area contributed by atoms with E-state index in [1.54, 1.807) is 43.5 Å². The summed E-state index contributed by atoms with van der Waals surface area (Å²) in [6.07, 6.45) is 5.50. The van der Waals surface area contributed by atoms with Gasteiger partial charge in [0.1, 0.15) is 29.8 Å². The highest BCUT2D eigenvalue weighted by atomic mass is 32.2. The van der Waals surface area contributed by atoms with Crippen molar-refractivity contribution in [2.75, 3.05) is 55.8 Å². The number of amides is 2. The summed E-state index contributed by atoms with van der Waals surface area (Å²) in [5, 5.41) is 16.4. The molecule has 3 aromatic carbocycles. The first-order chi connectivity index (χ1) is 27.6. The molecule has 2 atom stereocenters. The van der Waals surface area contributed by atoms with E-state index >= 15 is 0 Å². The van der Waals surface area contributed by atoms with Gasteiger partial charge in [-0.2, -0.15) is 0 Å². The number of benzene rings is 3. The third-order valence-electron chi connectivity index (χ3n) is 9.90. The summed E-state index contributed by atoms with van der Waals surface area (Å²) >= 11 is 0. The Balaban J connectivity index is 1.01. The first-order valence-electron chi connectivity index (χ1n) is 19.2. The summed E-state index contributed by atoms with van der Waals surface area (Å²) in [4.78, 5) is 39.7. The van der Waals surface area contributed by atoms with Crippen molar-refractivity contribution in [2.24, 2.45) is 0 Å². The number of nitrogens with one attached hydrogen (secondary N) is 2. The van der Waals surface area contributed by atoms with E-state index in [2.05, 4.69) is 30.3 Å². The fourth-order valence-electron chi connectivity index (χ4n) is 6.41. The molecular weight excluding hydrogens is 761 g/mol. The molecule has 0 unspecified atom stereocenters. The number of morpholine rings is 1. The maximum Gasteiger partial charge on any atom is 0.324 e. The molecule has 0 saturated carbocycles. The molecule has 0 radical (unpaired) electrons. The number of aliphatic hydroxyl groups is 1. The molecule has 1 aliphatic heterocycles. The minimum absolute atomic E-state index is 0.0116. The van der Waals surface area contributed by atoms with Crippen molar-refractivity contribution in [3.05, 3.63) is 106 Å². The Bertz CT molecular complexity index is 2210. The van der Waals surface area contributed by atoms with E-state index in [4.69, 9.17) is 20.8 Å². The fraction of sp³-hybridized carbons (Fsp3) is 0.419. The van der Waals surface area contributed by atoms with Crippen LogP contribution in [0.1, 0.15) is 54.1 Å². The number of aryl methyl sites for hydroxylation is 4. The van der Waals surface area contributed by atoms with Gasteiger partial charge in [0.05, 0.1) is 54.2 Å². The van der Waals surface area contributed by atoms with E-state index in [0.29, 0.717) is 66.2 Å². The Morgan fingerprint density at radius 2 is 1.72 bits per heavy atom. The van der Waals surface area contributed by atoms with Crippen LogP contribution >= 0.6 is 0 Å². The number of ketones is 1. The van der Waals surface area contributed by atoms with E-state index < -0.39 is 33.0 Å². The third-order valence-corrected chi connectivity index (χ3v) is 11.8. The topological polar surface area (TPSA) is 174 Å². The van der Waals surface area contributed by atoms with Gasteiger partial charge in [-0.3, -0.25) is 20.0 Å². The maximum absolute atomic E-state index is 13.1. The molecule has 0 bridgehead atoms. The zero-order chi connectivity index (χ0) is 41.9. The van der Waals surface area contributed by atoms with Crippen LogP contribution in [0.4, 0.5) is 22.0 Å². The van der Waals surface area contributed by atoms with Crippen LogP contribution in [0.2, 0.25) is 0 Å². The number of hydrogen-bond donors (Lipinski definition) is 3. The standard InChI is InChI=1S/C43H52N6O8S/c1-29-21-38(47-42(51)48-41-25-45-32(4)24-46-41)39(22-30(29)2)57-27-35-26-49(17-19-56-35)16-8-7-9-18-55-34-11-13-36(14-12-34)58(53,54)28-43(5,52)40(50)23-33-10-15-37(44-6)31(3)20-33/h10-15,20-22,24-25,35,52H,7-9,16-19,23,26-28H2,1-5H3,(H2,46,47,48,51)/t35-,43-/m0/s1. The predicted molar refractivity (Wildman–Crippen MR) is 222 cm³/mol. The number of Topliss-reactive ketones (excluding diaryl/α,β-unsaturated/α-hetero) is 1. The summed E-state index contributed by atoms with van der Waals surface area (Å²) in [6, 6.07) is 14.3. The van der Waals surface area contributed by atoms with E-state index in [1.807, 2.05) is 32.9 Å². The lowest BCUT2D eigenvalue weighted by Gasteiger charge is -2.33. The maximum atomic E-state index is 13.1. The molecule has 1 aromatic heterocycles. The van der Waals surface area contributed by atoms with Crippen LogP contribution < -0.4 is 20.1 Å². The van der Waals surface area contributed by atoms with Crippen LogP contribution in [-0.4, -0.2) is 97.1 Å². The molecule has 14 nitrogen and oxygen atoms in total. The molecule has 308 valence electrons. The number of nitrogens with zero attached hydrogens (tertiary/aromatic N) is 4. The van der Waals surface area contributed by atoms with Gasteiger partial charge >= 0.3 is 6.03 Å². The second-order valence-corrected chi connectivity index (χ2v) is 16.9. The average Bonchev–Trinajstić information content (AvgIpc) is 3.18. The van der Waals surface area contributed by atoms with E-state index in [9.17, 15) is 23.1 Å². The molecule has 4 aromatic rings. The van der Waals surface area contributed by atoms with Crippen molar-refractivity contribution in [3.63, 3.8) is 0 Å². The monoisotopic (exact) mass is 812 g/mol. The van der Waals surface area contributed by atoms with Crippen molar-refractivity contribution in [1.82, 2.24) is 14.9 Å². The molecule has 15 heteroatoms. The van der Waals surface area contributed by atoms with E-state index in [-0.39, 0.29) is 17.4 Å². The summed E-state index contributed by atoms with van der Waals surface area (Å²) in [7, 11) is -3.99. The Kier molecular flexibility index (Phi) is 15.0. The molecular formula is C43H52N6O8S. The molecule has 2 amide bonds. The van der Waals surface area contributed by atoms with Gasteiger partial charge in [0.15, 0.2) is 27.1 Å². The molecule has 2 heterocycles. The summed E-state index contributed by atoms with van der Waals surface area (Å²) < 4.78 is 44.4. The molecule has 0 spiro atoms. The van der Waals surface area contributed by atoms with Crippen molar-refractivity contribution >= 4 is 38.8 Å². The van der Waals surface area contributed by atoms with Gasteiger partial charge < -0.3 is 24.6 Å². The van der Waals surface area contributed by atoms with Crippen LogP contribution in [0.15, 0.2) is 71.9 Å². The second-order valence-electron chi connectivity index (χ2n) is 14.9. The van der Waals surface area contributed by atoms with Crippen LogP contribution in [0.5, 0.6) is 11.5 Å². The minimum Gasteiger partial charge on any atom is -0.494 e. The number of carbonyl (C=O) groups excluding carboxylic acids is 2. The van der Waals surface area contributed by atoms with Crippen molar-refractivity contribution < 1.29 is 37.3 Å². The lowest BCUT2D eigenvalue weighted by Crippen LogP contribution is -2.45. The molecule has 1 fully saturated rings. The number of urea groups is 1. The highest BCUT2D eigenvalue weighted by Gasteiger charge is 2.36. The number of anilines is 2. The zero-order valence-corrected chi connectivity index (χ0v) is 34.5. The van der Waals surface area contributed by atoms with Gasteiger partial charge in [-0.05, 0) is 119 Å². The van der Waals surface area contributed by atoms with Gasteiger partial charge in [-0.25, -0.2) is 23.0 Å². The first-order valence-corrected chi connectivity index (χ1v) is 20.9. The number of rotatable bonds is 18. The number of unbranched alkanes of at least 4 members (excludes halogenated alkanes) is 2. The molecule has 1 aliphatic rings. The first kappa shape index (κ1) is 43.7. The predicted octanol–water partition coefficient (Wildman–Crippen LogP) is 6.57. The Morgan fingerprint density at radius 1 is 0.966 bits per heavy atom. The van der Waals surface area contributed by atoms with Gasteiger partial charge in [-0.15, -0.1) is 0 Å². The molecule has 58 heavy (non-hydrogen) atoms. The number of sulfone groups is 1. The van der Waals surface area contributed by atoms with E-state index in [1.165, 1.54) is 25.3 Å². The highest BCUT2D eigenvalue weighted by Crippen LogP contribution is 2.29. The number of carbonyl (C=O) groups is 2. The quantitative estimate of drug-likeness (QED) is 0.0733. The van der Waals surface area contributed by atoms with Gasteiger partial charge in [0.2, 0.25) is 0 Å². The second kappa shape index (κ2) is 19.8. The Hall–Kier alpha value is -5.40. The highest BCUT2D eigenvalue weighted by molar-refractivity contribution is 7.91. The number of hydrogen-bond acceptors (Lipinski definition) is 11. The number of aromatic nitrogens is 2. The smallest absolute Gasteiger partial charge is 0.324 e. The lowest BCUT2D eigenvalue weighted by molar-refractivity contribution is -0.133. The third kappa shape index (κ3) is 12.5. The van der Waals surface area contributed by atoms with Crippen LogP contribution in [0.3, 0.4) is 0 Å². The van der Waals surface area contributed by atoms with Crippen LogP contribution in [0, 0.1) is 34.3 Å². The van der Waals surface area contributed by atoms with Crippen molar-refractivity contribution in [3.8, 4) is 11.5 Å². The summed E-state index contributed by atoms with van der Waals surface area (Å²) in [5.41, 5.74) is 3.02. The zero-order valence-electron chi connectivity index (χ0n) is 33.7. The van der Waals surface area contributed by atoms with Gasteiger partial charge in [-0.1, -0.05) is 18.2 Å². The molecule has 1 saturated heterocycles. The van der Waals surface area contributed by atoms with Gasteiger partial charge in [0, 0.05) is 19.5 Å². The van der Waals surface area contributed by atoms with E-state index in [0.717, 1.165) is 49.2 Å². The SMILES string of the molecule is [C-]#[N+]c1ccc(CC(=O)[C@@](C)(O)CS(=O)(=O)c2ccc(OCCCCCN3CCO[C@H](COc4cc(C)c(C)cc4NC(=O)Nc4cnc(C)cn4)C3)cc2)cc1C. The molecule has 0 aliphatic carbocycles. The summed E-state index contributed by atoms with van der Waals surface area (Å²) in [6.45, 7) is 19.8. The van der Waals surface area contributed by atoms with Crippen molar-refractivity contribution in [2.45, 2.75) is 76.9 Å². The summed E-state index contributed by atoms with van der Waals surface area (Å²) in [5.74, 6) is 0.0415. The van der Waals surface area contributed by atoms with Crippen molar-refractivity contribution in [1.29, 1.82) is 0 Å². The normalized spacial score (nSPS) is 15.5. The lowest BCUT2D eigenvalue weighted by atomic mass is 9.96. The largest absolute Gasteiger partial charge is 0.494 e. The fourth-order valence-corrected chi connectivity index (χ4v) is 8.03. The Morgan fingerprint density at radius 3 is 2.43 bits per heavy atom. The molecule has 3 N–H and O–H groups in total.